The van der Waals surface area contributed by atoms with Crippen LogP contribution in [0, 0.1) is 6.92 Å². The summed E-state index contributed by atoms with van der Waals surface area (Å²) in [5, 5.41) is 3.02. The smallest absolute Gasteiger partial charge is 0.248 e. The predicted octanol–water partition coefficient (Wildman–Crippen LogP) is 2.02. The third-order valence-corrected chi connectivity index (χ3v) is 2.99. The number of carbonyl (C=O) groups is 1. The SMILES string of the molecule is Cc1ccc(NC(N)=NCc2ccc(C(N)=O)cc2)cc1. The van der Waals surface area contributed by atoms with Crippen molar-refractivity contribution in [2.75, 3.05) is 5.32 Å². The molecule has 0 aromatic heterocycles. The molecule has 5 heteroatoms. The summed E-state index contributed by atoms with van der Waals surface area (Å²) in [7, 11) is 0. The third-order valence-electron chi connectivity index (χ3n) is 2.99. The number of nitrogens with two attached hydrogens (primary N) is 2. The number of carbonyl (C=O) groups excluding carboxylic acids is 1. The van der Waals surface area contributed by atoms with Crippen LogP contribution < -0.4 is 16.8 Å². The van der Waals surface area contributed by atoms with Crippen molar-refractivity contribution in [3.63, 3.8) is 0 Å². The molecule has 0 aliphatic carbocycles. The fourth-order valence-electron chi connectivity index (χ4n) is 1.78. The number of benzene rings is 2. The second-order valence-electron chi connectivity index (χ2n) is 4.75. The average Bonchev–Trinajstić information content (AvgIpc) is 2.48. The summed E-state index contributed by atoms with van der Waals surface area (Å²) in [4.78, 5) is 15.2. The van der Waals surface area contributed by atoms with Crippen molar-refractivity contribution in [1.29, 1.82) is 0 Å². The lowest BCUT2D eigenvalue weighted by atomic mass is 10.1. The summed E-state index contributed by atoms with van der Waals surface area (Å²) in [6.07, 6.45) is 0. The Bertz CT molecular complexity index is 645. The van der Waals surface area contributed by atoms with Gasteiger partial charge < -0.3 is 16.8 Å². The van der Waals surface area contributed by atoms with Gasteiger partial charge in [0.15, 0.2) is 5.96 Å². The fraction of sp³-hybridized carbons (Fsp3) is 0.125. The van der Waals surface area contributed by atoms with Crippen LogP contribution in [0.2, 0.25) is 0 Å². The Morgan fingerprint density at radius 2 is 1.67 bits per heavy atom. The van der Waals surface area contributed by atoms with Gasteiger partial charge in [0, 0.05) is 11.3 Å². The molecule has 1 amide bonds. The number of anilines is 1. The topological polar surface area (TPSA) is 93.5 Å². The summed E-state index contributed by atoms with van der Waals surface area (Å²) in [5.41, 5.74) is 14.5. The molecule has 2 aromatic carbocycles. The molecule has 0 radical (unpaired) electrons. The van der Waals surface area contributed by atoms with Gasteiger partial charge in [-0.1, -0.05) is 29.8 Å². The van der Waals surface area contributed by atoms with Crippen LogP contribution in [0.25, 0.3) is 0 Å². The number of aliphatic imine (C=N–C) groups is 1. The normalized spacial score (nSPS) is 11.2. The van der Waals surface area contributed by atoms with Gasteiger partial charge in [0.05, 0.1) is 6.54 Å². The van der Waals surface area contributed by atoms with E-state index in [1.54, 1.807) is 12.1 Å². The second kappa shape index (κ2) is 6.56. The Kier molecular flexibility index (Phi) is 4.56. The quantitative estimate of drug-likeness (QED) is 0.591. The molecule has 0 unspecified atom stereocenters. The molecule has 5 nitrogen and oxygen atoms in total. The van der Waals surface area contributed by atoms with Gasteiger partial charge in [-0.2, -0.15) is 0 Å². The van der Waals surface area contributed by atoms with E-state index in [-0.39, 0.29) is 0 Å². The van der Waals surface area contributed by atoms with Crippen LogP contribution in [0.3, 0.4) is 0 Å². The van der Waals surface area contributed by atoms with Crippen molar-refractivity contribution >= 4 is 17.6 Å². The van der Waals surface area contributed by atoms with Crippen LogP contribution in [-0.4, -0.2) is 11.9 Å². The number of rotatable bonds is 4. The van der Waals surface area contributed by atoms with Crippen molar-refractivity contribution < 1.29 is 4.79 Å². The Balaban J connectivity index is 1.96. The van der Waals surface area contributed by atoms with Crippen LogP contribution >= 0.6 is 0 Å². The summed E-state index contributed by atoms with van der Waals surface area (Å²) in [6.45, 7) is 2.46. The van der Waals surface area contributed by atoms with Gasteiger partial charge >= 0.3 is 0 Å². The van der Waals surface area contributed by atoms with Gasteiger partial charge in [-0.05, 0) is 36.8 Å². The summed E-state index contributed by atoms with van der Waals surface area (Å²) in [6, 6.07) is 14.9. The zero-order valence-corrected chi connectivity index (χ0v) is 11.8. The van der Waals surface area contributed by atoms with Crippen LogP contribution in [0.4, 0.5) is 5.69 Å². The molecular weight excluding hydrogens is 264 g/mol. The maximum atomic E-state index is 11.0. The van der Waals surface area contributed by atoms with E-state index >= 15 is 0 Å². The molecule has 2 aromatic rings. The van der Waals surface area contributed by atoms with E-state index in [0.29, 0.717) is 18.1 Å². The summed E-state index contributed by atoms with van der Waals surface area (Å²) >= 11 is 0. The highest BCUT2D eigenvalue weighted by atomic mass is 16.1. The van der Waals surface area contributed by atoms with Gasteiger partial charge in [0.1, 0.15) is 0 Å². The number of amides is 1. The van der Waals surface area contributed by atoms with Crippen LogP contribution in [0.15, 0.2) is 53.5 Å². The third kappa shape index (κ3) is 4.35. The molecule has 2 rings (SSSR count). The fourth-order valence-corrected chi connectivity index (χ4v) is 1.78. The Morgan fingerprint density at radius 3 is 2.24 bits per heavy atom. The lowest BCUT2D eigenvalue weighted by Crippen LogP contribution is -2.22. The van der Waals surface area contributed by atoms with Gasteiger partial charge in [-0.25, -0.2) is 4.99 Å². The highest BCUT2D eigenvalue weighted by Crippen LogP contribution is 2.09. The van der Waals surface area contributed by atoms with Crippen molar-refractivity contribution in [3.05, 3.63) is 65.2 Å². The van der Waals surface area contributed by atoms with Crippen LogP contribution in [0.5, 0.6) is 0 Å². The maximum Gasteiger partial charge on any atom is 0.248 e. The van der Waals surface area contributed by atoms with E-state index in [4.69, 9.17) is 11.5 Å². The highest BCUT2D eigenvalue weighted by molar-refractivity contribution is 5.93. The number of nitrogens with zero attached hydrogens (tertiary/aromatic N) is 1. The van der Waals surface area contributed by atoms with E-state index in [2.05, 4.69) is 10.3 Å². The van der Waals surface area contributed by atoms with E-state index in [1.165, 1.54) is 5.56 Å². The van der Waals surface area contributed by atoms with Crippen molar-refractivity contribution in [3.8, 4) is 0 Å². The molecule has 0 aliphatic rings. The first-order chi connectivity index (χ1) is 10.0. The molecule has 0 heterocycles. The molecule has 108 valence electrons. The van der Waals surface area contributed by atoms with E-state index in [9.17, 15) is 4.79 Å². The molecule has 0 aliphatic heterocycles. The molecule has 0 saturated heterocycles. The summed E-state index contributed by atoms with van der Waals surface area (Å²) < 4.78 is 0. The van der Waals surface area contributed by atoms with Crippen molar-refractivity contribution in [2.24, 2.45) is 16.5 Å². The number of nitrogens with one attached hydrogen (secondary N) is 1. The maximum absolute atomic E-state index is 11.0. The standard InChI is InChI=1S/C16H18N4O/c1-11-2-8-14(9-3-11)20-16(18)19-10-12-4-6-13(7-5-12)15(17)21/h2-9H,10H2,1H3,(H2,17,21)(H3,18,19,20). The van der Waals surface area contributed by atoms with Gasteiger partial charge in [-0.15, -0.1) is 0 Å². The Labute approximate surface area is 123 Å². The highest BCUT2D eigenvalue weighted by Gasteiger charge is 2.00. The number of aryl methyl sites for hydroxylation is 1. The zero-order valence-electron chi connectivity index (χ0n) is 11.8. The number of hydrogen-bond acceptors (Lipinski definition) is 2. The molecular formula is C16H18N4O. The average molecular weight is 282 g/mol. The predicted molar refractivity (Wildman–Crippen MR) is 85.1 cm³/mol. The second-order valence-corrected chi connectivity index (χ2v) is 4.75. The monoisotopic (exact) mass is 282 g/mol. The van der Waals surface area contributed by atoms with E-state index < -0.39 is 5.91 Å². The van der Waals surface area contributed by atoms with Crippen molar-refractivity contribution in [1.82, 2.24) is 0 Å². The molecule has 5 N–H and O–H groups in total. The molecule has 21 heavy (non-hydrogen) atoms. The minimum atomic E-state index is -0.439. The molecule has 0 fully saturated rings. The van der Waals surface area contributed by atoms with Crippen LogP contribution in [0.1, 0.15) is 21.5 Å². The molecule has 0 atom stereocenters. The van der Waals surface area contributed by atoms with E-state index in [0.717, 1.165) is 11.3 Å². The Morgan fingerprint density at radius 1 is 1.05 bits per heavy atom. The zero-order chi connectivity index (χ0) is 15.2. The minimum absolute atomic E-state index is 0.345. The Hall–Kier alpha value is -2.82. The lowest BCUT2D eigenvalue weighted by Gasteiger charge is -2.06. The van der Waals surface area contributed by atoms with E-state index in [1.807, 2.05) is 43.3 Å². The first-order valence-corrected chi connectivity index (χ1v) is 6.57. The first-order valence-electron chi connectivity index (χ1n) is 6.57. The van der Waals surface area contributed by atoms with Gasteiger partial charge in [0.25, 0.3) is 0 Å². The number of guanidine groups is 1. The largest absolute Gasteiger partial charge is 0.370 e. The minimum Gasteiger partial charge on any atom is -0.370 e. The first kappa shape index (κ1) is 14.6. The number of primary amides is 1. The number of hydrogen-bond donors (Lipinski definition) is 3. The summed E-state index contributed by atoms with van der Waals surface area (Å²) in [5.74, 6) is -0.0940. The molecule has 0 saturated carbocycles. The molecule has 0 spiro atoms. The van der Waals surface area contributed by atoms with Gasteiger partial charge in [-0.3, -0.25) is 4.79 Å². The van der Waals surface area contributed by atoms with Gasteiger partial charge in [0.2, 0.25) is 5.91 Å². The lowest BCUT2D eigenvalue weighted by molar-refractivity contribution is 0.100. The van der Waals surface area contributed by atoms with Crippen molar-refractivity contribution in [2.45, 2.75) is 13.5 Å². The van der Waals surface area contributed by atoms with Crippen LogP contribution in [-0.2, 0) is 6.54 Å². The molecule has 0 bridgehead atoms.